The van der Waals surface area contributed by atoms with Crippen molar-refractivity contribution in [3.05, 3.63) is 0 Å². The highest BCUT2D eigenvalue weighted by Gasteiger charge is 2.18. The van der Waals surface area contributed by atoms with Crippen molar-refractivity contribution in [1.82, 2.24) is 10.2 Å². The van der Waals surface area contributed by atoms with Crippen molar-refractivity contribution >= 4 is 5.91 Å². The van der Waals surface area contributed by atoms with Crippen molar-refractivity contribution in [2.75, 3.05) is 20.6 Å². The topological polar surface area (TPSA) is 52.6 Å². The van der Waals surface area contributed by atoms with E-state index in [0.717, 1.165) is 0 Å². The second-order valence-electron chi connectivity index (χ2n) is 4.15. The Morgan fingerprint density at radius 2 is 2.00 bits per heavy atom. The highest BCUT2D eigenvalue weighted by molar-refractivity contribution is 5.80. The third-order valence-electron chi connectivity index (χ3n) is 1.65. The lowest BCUT2D eigenvalue weighted by atomic mass is 10.1. The smallest absolute Gasteiger partial charge is 0.238 e. The van der Waals surface area contributed by atoms with E-state index < -0.39 is 5.60 Å². The van der Waals surface area contributed by atoms with Crippen LogP contribution in [0.25, 0.3) is 0 Å². The highest BCUT2D eigenvalue weighted by Crippen LogP contribution is 1.99. The highest BCUT2D eigenvalue weighted by atomic mass is 16.3. The predicted octanol–water partition coefficient (Wildman–Crippen LogP) is -0.176. The third-order valence-corrected chi connectivity index (χ3v) is 1.65. The zero-order valence-electron chi connectivity index (χ0n) is 9.09. The van der Waals surface area contributed by atoms with Gasteiger partial charge in [0.1, 0.15) is 0 Å². The van der Waals surface area contributed by atoms with Crippen LogP contribution in [0.2, 0.25) is 0 Å². The summed E-state index contributed by atoms with van der Waals surface area (Å²) in [5, 5.41) is 12.4. The van der Waals surface area contributed by atoms with E-state index in [9.17, 15) is 9.90 Å². The van der Waals surface area contributed by atoms with Gasteiger partial charge in [0.25, 0.3) is 0 Å². The first kappa shape index (κ1) is 12.4. The summed E-state index contributed by atoms with van der Waals surface area (Å²) in [5.41, 5.74) is -0.777. The first-order chi connectivity index (χ1) is 5.74. The number of carbonyl (C=O) groups excluding carboxylic acids is 1. The first-order valence-electron chi connectivity index (χ1n) is 4.41. The lowest BCUT2D eigenvalue weighted by Gasteiger charge is -2.23. The van der Waals surface area contributed by atoms with Crippen LogP contribution in [-0.2, 0) is 4.79 Å². The van der Waals surface area contributed by atoms with Crippen LogP contribution < -0.4 is 5.32 Å². The van der Waals surface area contributed by atoms with Gasteiger partial charge in [-0.2, -0.15) is 0 Å². The Labute approximate surface area is 79.9 Å². The van der Waals surface area contributed by atoms with Crippen molar-refractivity contribution in [3.63, 3.8) is 0 Å². The van der Waals surface area contributed by atoms with Gasteiger partial charge in [-0.3, -0.25) is 4.79 Å². The van der Waals surface area contributed by atoms with Crippen LogP contribution in [0.4, 0.5) is 0 Å². The number of carbonyl (C=O) groups is 1. The molecule has 1 atom stereocenters. The minimum atomic E-state index is -0.777. The quantitative estimate of drug-likeness (QED) is 0.643. The number of nitrogens with one attached hydrogen (secondary N) is 1. The maximum absolute atomic E-state index is 11.3. The van der Waals surface area contributed by atoms with E-state index in [2.05, 4.69) is 5.32 Å². The number of amides is 1. The number of hydrogen-bond acceptors (Lipinski definition) is 3. The average molecular weight is 188 g/mol. The summed E-state index contributed by atoms with van der Waals surface area (Å²) in [6.07, 6.45) is 0. The Kier molecular flexibility index (Phi) is 4.36. The summed E-state index contributed by atoms with van der Waals surface area (Å²) in [5.74, 6) is 0.0178. The molecule has 0 radical (unpaired) electrons. The van der Waals surface area contributed by atoms with Gasteiger partial charge in [0.2, 0.25) is 5.91 Å². The van der Waals surface area contributed by atoms with E-state index >= 15 is 0 Å². The Bertz CT molecular complexity index is 173. The molecule has 0 heterocycles. The molecule has 0 aliphatic rings. The molecule has 78 valence electrons. The normalized spacial score (nSPS) is 14.0. The lowest BCUT2D eigenvalue weighted by molar-refractivity contribution is -0.130. The predicted molar refractivity (Wildman–Crippen MR) is 52.5 cm³/mol. The molecule has 4 nitrogen and oxygen atoms in total. The van der Waals surface area contributed by atoms with Gasteiger partial charge >= 0.3 is 0 Å². The fourth-order valence-corrected chi connectivity index (χ4v) is 0.877. The molecule has 0 aromatic carbocycles. The zero-order valence-corrected chi connectivity index (χ0v) is 9.09. The fraction of sp³-hybridized carbons (Fsp3) is 0.889. The number of likely N-dealkylation sites (N-methyl/N-ethyl adjacent to an activating group) is 1. The summed E-state index contributed by atoms with van der Waals surface area (Å²) < 4.78 is 0. The molecule has 2 N–H and O–H groups in total. The minimum absolute atomic E-state index is 0.0178. The van der Waals surface area contributed by atoms with Gasteiger partial charge in [0, 0.05) is 20.6 Å². The van der Waals surface area contributed by atoms with Crippen LogP contribution in [0, 0.1) is 0 Å². The maximum atomic E-state index is 11.3. The molecule has 0 aromatic rings. The average Bonchev–Trinajstić information content (AvgIpc) is 1.97. The van der Waals surface area contributed by atoms with Crippen molar-refractivity contribution in [3.8, 4) is 0 Å². The molecular formula is C9H20N2O2. The number of hydrogen-bond donors (Lipinski definition) is 2. The van der Waals surface area contributed by atoms with Crippen molar-refractivity contribution < 1.29 is 9.90 Å². The first-order valence-corrected chi connectivity index (χ1v) is 4.41. The van der Waals surface area contributed by atoms with E-state index in [1.54, 1.807) is 34.9 Å². The standard InChI is InChI=1S/C9H20N2O2/c1-7(8(12)11(4)5)10-6-9(2,3)13/h7,10,13H,6H2,1-5H3. The summed E-state index contributed by atoms with van der Waals surface area (Å²) in [6.45, 7) is 5.60. The Morgan fingerprint density at radius 1 is 1.54 bits per heavy atom. The number of nitrogens with zero attached hydrogens (tertiary/aromatic N) is 1. The molecule has 0 fully saturated rings. The molecule has 4 heteroatoms. The Balaban J connectivity index is 3.88. The molecule has 1 unspecified atom stereocenters. The van der Waals surface area contributed by atoms with Crippen LogP contribution in [0.5, 0.6) is 0 Å². The van der Waals surface area contributed by atoms with Crippen LogP contribution in [-0.4, -0.2) is 48.2 Å². The van der Waals surface area contributed by atoms with Crippen LogP contribution in [0.3, 0.4) is 0 Å². The van der Waals surface area contributed by atoms with Gasteiger partial charge in [-0.1, -0.05) is 0 Å². The molecule has 0 bridgehead atoms. The Morgan fingerprint density at radius 3 is 2.31 bits per heavy atom. The number of aliphatic hydroxyl groups is 1. The molecule has 0 rings (SSSR count). The molecule has 0 aromatic heterocycles. The van der Waals surface area contributed by atoms with E-state index in [1.165, 1.54) is 4.90 Å². The Hall–Kier alpha value is -0.610. The van der Waals surface area contributed by atoms with Crippen molar-refractivity contribution in [2.45, 2.75) is 32.4 Å². The number of rotatable bonds is 4. The molecule has 0 aliphatic heterocycles. The molecule has 0 aliphatic carbocycles. The largest absolute Gasteiger partial charge is 0.389 e. The summed E-state index contributed by atoms with van der Waals surface area (Å²) in [6, 6.07) is -0.249. The van der Waals surface area contributed by atoms with Crippen molar-refractivity contribution in [2.24, 2.45) is 0 Å². The van der Waals surface area contributed by atoms with Crippen LogP contribution in [0.15, 0.2) is 0 Å². The SMILES string of the molecule is CC(NCC(C)(C)O)C(=O)N(C)C. The summed E-state index contributed by atoms with van der Waals surface area (Å²) in [4.78, 5) is 12.9. The van der Waals surface area contributed by atoms with Gasteiger partial charge in [-0.25, -0.2) is 0 Å². The van der Waals surface area contributed by atoms with Gasteiger partial charge < -0.3 is 15.3 Å². The summed E-state index contributed by atoms with van der Waals surface area (Å²) in [7, 11) is 3.43. The van der Waals surface area contributed by atoms with Crippen LogP contribution in [0.1, 0.15) is 20.8 Å². The van der Waals surface area contributed by atoms with E-state index in [0.29, 0.717) is 6.54 Å². The molecule has 0 spiro atoms. The molecule has 0 saturated heterocycles. The van der Waals surface area contributed by atoms with Crippen molar-refractivity contribution in [1.29, 1.82) is 0 Å². The molecule has 13 heavy (non-hydrogen) atoms. The molecular weight excluding hydrogens is 168 g/mol. The van der Waals surface area contributed by atoms with Gasteiger partial charge in [-0.15, -0.1) is 0 Å². The lowest BCUT2D eigenvalue weighted by Crippen LogP contribution is -2.46. The molecule has 0 saturated carbocycles. The molecule has 1 amide bonds. The van der Waals surface area contributed by atoms with Gasteiger partial charge in [0.05, 0.1) is 11.6 Å². The third kappa shape index (κ3) is 5.60. The fourth-order valence-electron chi connectivity index (χ4n) is 0.877. The van der Waals surface area contributed by atoms with Crippen LogP contribution >= 0.6 is 0 Å². The second-order valence-corrected chi connectivity index (χ2v) is 4.15. The van der Waals surface area contributed by atoms with E-state index in [-0.39, 0.29) is 11.9 Å². The van der Waals surface area contributed by atoms with E-state index in [1.807, 2.05) is 0 Å². The maximum Gasteiger partial charge on any atom is 0.238 e. The van der Waals surface area contributed by atoms with E-state index in [4.69, 9.17) is 0 Å². The van der Waals surface area contributed by atoms with Gasteiger partial charge in [-0.05, 0) is 20.8 Å². The minimum Gasteiger partial charge on any atom is -0.389 e. The second kappa shape index (κ2) is 4.58. The monoisotopic (exact) mass is 188 g/mol. The summed E-state index contributed by atoms with van der Waals surface area (Å²) >= 11 is 0. The van der Waals surface area contributed by atoms with Gasteiger partial charge in [0.15, 0.2) is 0 Å². The zero-order chi connectivity index (χ0) is 10.6.